The molecule has 0 spiro atoms. The maximum Gasteiger partial charge on any atom is 0.262 e. The van der Waals surface area contributed by atoms with E-state index < -0.39 is 0 Å². The van der Waals surface area contributed by atoms with Crippen LogP contribution in [0.1, 0.15) is 31.9 Å². The Hall–Kier alpha value is -3.86. The lowest BCUT2D eigenvalue weighted by molar-refractivity contribution is -0.118. The summed E-state index contributed by atoms with van der Waals surface area (Å²) in [5.41, 5.74) is 3.78. The molecule has 0 atom stereocenters. The van der Waals surface area contributed by atoms with Gasteiger partial charge in [0.1, 0.15) is 5.58 Å². The Kier molecular flexibility index (Phi) is 6.05. The first-order valence-corrected chi connectivity index (χ1v) is 10.9. The summed E-state index contributed by atoms with van der Waals surface area (Å²) in [7, 11) is 0. The summed E-state index contributed by atoms with van der Waals surface area (Å²) in [6.07, 6.45) is 0. The van der Waals surface area contributed by atoms with Crippen LogP contribution in [0.15, 0.2) is 82.0 Å². The van der Waals surface area contributed by atoms with E-state index in [-0.39, 0.29) is 29.1 Å². The van der Waals surface area contributed by atoms with E-state index in [1.165, 1.54) is 0 Å². The van der Waals surface area contributed by atoms with Gasteiger partial charge < -0.3 is 14.5 Å². The van der Waals surface area contributed by atoms with Crippen LogP contribution in [0.2, 0.25) is 0 Å². The van der Waals surface area contributed by atoms with Crippen LogP contribution in [0, 0.1) is 6.92 Å². The summed E-state index contributed by atoms with van der Waals surface area (Å²) in [4.78, 5) is 25.7. The third kappa shape index (κ3) is 4.98. The molecule has 0 unspecified atom stereocenters. The number of anilines is 1. The van der Waals surface area contributed by atoms with E-state index >= 15 is 0 Å². The third-order valence-corrected chi connectivity index (χ3v) is 5.45. The Morgan fingerprint density at radius 3 is 2.27 bits per heavy atom. The highest BCUT2D eigenvalue weighted by atomic mass is 16.5. The van der Waals surface area contributed by atoms with Crippen molar-refractivity contribution < 1.29 is 13.9 Å². The number of benzene rings is 3. The minimum Gasteiger partial charge on any atom is -0.476 e. The molecule has 168 valence electrons. The molecule has 4 rings (SSSR count). The number of nitrogens with one attached hydrogen (secondary N) is 1. The van der Waals surface area contributed by atoms with Gasteiger partial charge in [0.25, 0.3) is 5.91 Å². The lowest BCUT2D eigenvalue weighted by Crippen LogP contribution is -2.22. The zero-order chi connectivity index (χ0) is 23.6. The lowest BCUT2D eigenvalue weighted by Gasteiger charge is -2.19. The number of rotatable bonds is 5. The Balaban J connectivity index is 1.67. The average molecular weight is 442 g/mol. The highest BCUT2D eigenvalue weighted by molar-refractivity contribution is 5.92. The molecule has 5 nitrogen and oxygen atoms in total. The van der Waals surface area contributed by atoms with Gasteiger partial charge in [-0.3, -0.25) is 9.59 Å². The van der Waals surface area contributed by atoms with Crippen molar-refractivity contribution in [1.82, 2.24) is 0 Å². The van der Waals surface area contributed by atoms with Gasteiger partial charge in [-0.1, -0.05) is 74.9 Å². The van der Waals surface area contributed by atoms with E-state index in [0.29, 0.717) is 28.0 Å². The number of carbonyl (C=O) groups is 1. The van der Waals surface area contributed by atoms with E-state index in [9.17, 15) is 9.59 Å². The van der Waals surface area contributed by atoms with E-state index in [2.05, 4.69) is 26.1 Å². The van der Waals surface area contributed by atoms with Gasteiger partial charge in [-0.15, -0.1) is 0 Å². The molecule has 0 saturated carbocycles. The van der Waals surface area contributed by atoms with Crippen LogP contribution in [0.25, 0.3) is 22.3 Å². The molecule has 0 aliphatic rings. The fourth-order valence-electron chi connectivity index (χ4n) is 3.54. The quantitative estimate of drug-likeness (QED) is 0.407. The molecule has 0 fully saturated rings. The fraction of sp³-hybridized carbons (Fsp3) is 0.214. The summed E-state index contributed by atoms with van der Waals surface area (Å²) in [6, 6.07) is 22.3. The van der Waals surface area contributed by atoms with Crippen LogP contribution in [0.5, 0.6) is 5.75 Å². The molecule has 4 aromatic rings. The Morgan fingerprint density at radius 1 is 0.939 bits per heavy atom. The van der Waals surface area contributed by atoms with Gasteiger partial charge in [0, 0.05) is 11.3 Å². The largest absolute Gasteiger partial charge is 0.476 e. The van der Waals surface area contributed by atoms with Crippen LogP contribution >= 0.6 is 0 Å². The van der Waals surface area contributed by atoms with Crippen molar-refractivity contribution in [3.05, 3.63) is 94.1 Å². The van der Waals surface area contributed by atoms with Crippen molar-refractivity contribution in [3.63, 3.8) is 0 Å². The number of amides is 1. The van der Waals surface area contributed by atoms with E-state index in [1.54, 1.807) is 18.2 Å². The minimum absolute atomic E-state index is 0.00382. The highest BCUT2D eigenvalue weighted by Gasteiger charge is 2.20. The predicted molar refractivity (Wildman–Crippen MR) is 132 cm³/mol. The summed E-state index contributed by atoms with van der Waals surface area (Å²) in [6.45, 7) is 8.07. The smallest absolute Gasteiger partial charge is 0.262 e. The van der Waals surface area contributed by atoms with E-state index in [4.69, 9.17) is 9.15 Å². The van der Waals surface area contributed by atoms with Crippen LogP contribution in [-0.2, 0) is 10.2 Å². The van der Waals surface area contributed by atoms with Gasteiger partial charge in [0.05, 0.1) is 5.39 Å². The number of carbonyl (C=O) groups excluding carboxylic acids is 1. The monoisotopic (exact) mass is 441 g/mol. The topological polar surface area (TPSA) is 68.5 Å². The molecule has 0 saturated heterocycles. The summed E-state index contributed by atoms with van der Waals surface area (Å²) in [5.74, 6) is -0.0287. The molecule has 3 aromatic carbocycles. The Bertz CT molecular complexity index is 1340. The van der Waals surface area contributed by atoms with Crippen molar-refractivity contribution >= 4 is 22.6 Å². The number of aryl methyl sites for hydroxylation is 1. The van der Waals surface area contributed by atoms with Gasteiger partial charge in [0.15, 0.2) is 12.4 Å². The third-order valence-electron chi connectivity index (χ3n) is 5.45. The van der Waals surface area contributed by atoms with E-state index in [1.807, 2.05) is 61.5 Å². The number of para-hydroxylation sites is 1. The van der Waals surface area contributed by atoms with Crippen LogP contribution in [0.4, 0.5) is 5.69 Å². The Morgan fingerprint density at radius 2 is 1.61 bits per heavy atom. The summed E-state index contributed by atoms with van der Waals surface area (Å²) < 4.78 is 11.9. The molecule has 1 heterocycles. The molecule has 33 heavy (non-hydrogen) atoms. The summed E-state index contributed by atoms with van der Waals surface area (Å²) >= 11 is 0. The normalized spacial score (nSPS) is 11.4. The lowest BCUT2D eigenvalue weighted by atomic mass is 9.86. The maximum absolute atomic E-state index is 13.2. The number of hydrogen-bond acceptors (Lipinski definition) is 4. The van der Waals surface area contributed by atoms with Crippen molar-refractivity contribution in [2.45, 2.75) is 33.1 Å². The van der Waals surface area contributed by atoms with Crippen LogP contribution in [-0.4, -0.2) is 12.5 Å². The van der Waals surface area contributed by atoms with Crippen molar-refractivity contribution in [1.29, 1.82) is 0 Å². The zero-order valence-electron chi connectivity index (χ0n) is 19.3. The van der Waals surface area contributed by atoms with Gasteiger partial charge in [0.2, 0.25) is 11.2 Å². The maximum atomic E-state index is 13.2. The van der Waals surface area contributed by atoms with E-state index in [0.717, 1.165) is 11.1 Å². The second kappa shape index (κ2) is 8.94. The number of hydrogen-bond donors (Lipinski definition) is 1. The molecule has 1 aromatic heterocycles. The number of fused-ring (bicyclic) bond motifs is 1. The fourth-order valence-corrected chi connectivity index (χ4v) is 3.54. The van der Waals surface area contributed by atoms with Crippen LogP contribution < -0.4 is 15.5 Å². The first-order valence-electron chi connectivity index (χ1n) is 10.9. The predicted octanol–water partition coefficient (Wildman–Crippen LogP) is 6.08. The standard InChI is InChI=1S/C28H27NO4/c1-18-9-15-21(16-10-18)29-24(30)17-32-27-25(31)22-7-5-6-8-23(22)33-26(27)19-11-13-20(14-12-19)28(2,3)4/h5-16H,17H2,1-4H3,(H,29,30). The SMILES string of the molecule is Cc1ccc(NC(=O)COc2c(-c3ccc(C(C)(C)C)cc3)oc3ccccc3c2=O)cc1. The van der Waals surface area contributed by atoms with Gasteiger partial charge in [-0.05, 0) is 42.2 Å². The molecule has 5 heteroatoms. The summed E-state index contributed by atoms with van der Waals surface area (Å²) in [5, 5.41) is 3.19. The zero-order valence-corrected chi connectivity index (χ0v) is 19.3. The minimum atomic E-state index is -0.361. The van der Waals surface area contributed by atoms with Crippen molar-refractivity contribution in [2.75, 3.05) is 11.9 Å². The van der Waals surface area contributed by atoms with Gasteiger partial charge in [-0.2, -0.15) is 0 Å². The first kappa shape index (κ1) is 22.3. The first-order chi connectivity index (χ1) is 15.7. The van der Waals surface area contributed by atoms with Crippen LogP contribution in [0.3, 0.4) is 0 Å². The highest BCUT2D eigenvalue weighted by Crippen LogP contribution is 2.32. The molecule has 0 aliphatic heterocycles. The molecule has 1 amide bonds. The average Bonchev–Trinajstić information content (AvgIpc) is 2.79. The van der Waals surface area contributed by atoms with Crippen molar-refractivity contribution in [2.24, 2.45) is 0 Å². The van der Waals surface area contributed by atoms with Gasteiger partial charge >= 0.3 is 0 Å². The molecule has 0 bridgehead atoms. The number of ether oxygens (including phenoxy) is 1. The molecule has 0 radical (unpaired) electrons. The molecule has 1 N–H and O–H groups in total. The molecular formula is C28H27NO4. The Labute approximate surface area is 193 Å². The molecular weight excluding hydrogens is 414 g/mol. The second-order valence-corrected chi connectivity index (χ2v) is 9.12. The van der Waals surface area contributed by atoms with Crippen molar-refractivity contribution in [3.8, 4) is 17.1 Å². The van der Waals surface area contributed by atoms with Gasteiger partial charge in [-0.25, -0.2) is 0 Å². The second-order valence-electron chi connectivity index (χ2n) is 9.12. The molecule has 0 aliphatic carbocycles.